The normalized spacial score (nSPS) is 48.7. The minimum atomic E-state index is -3.72. The fraction of sp³-hybridized carbons (Fsp3) is 0.500. The number of rotatable bonds is 1. The largest absolute Gasteiger partial charge is 0.399 e. The lowest BCUT2D eigenvalue weighted by Crippen LogP contribution is -2.32. The summed E-state index contributed by atoms with van der Waals surface area (Å²) >= 11 is 0. The summed E-state index contributed by atoms with van der Waals surface area (Å²) in [5, 5.41) is 0. The van der Waals surface area contributed by atoms with Crippen molar-refractivity contribution in [2.24, 2.45) is 5.89 Å². The molecular formula is C12H18N2. The Hall–Kier alpha value is -1.18. The molecule has 76 valence electrons. The molecule has 0 radical (unpaired) electrons. The number of piperidine rings is 1. The van der Waals surface area contributed by atoms with Crippen LogP contribution >= 0.6 is 0 Å². The maximum absolute atomic E-state index is 8.15. The summed E-state index contributed by atoms with van der Waals surface area (Å²) in [6.45, 7) is -10.4. The molecule has 0 bridgehead atoms. The van der Waals surface area contributed by atoms with Crippen molar-refractivity contribution in [3.8, 4) is 0 Å². The summed E-state index contributed by atoms with van der Waals surface area (Å²) in [7, 11) is 0. The third-order valence-corrected chi connectivity index (χ3v) is 1.74. The van der Waals surface area contributed by atoms with Crippen LogP contribution in [0.4, 0.5) is 11.4 Å². The van der Waals surface area contributed by atoms with E-state index >= 15 is 0 Å². The number of nitrogen functional groups attached to an aromatic ring is 1. The van der Waals surface area contributed by atoms with Crippen LogP contribution in [-0.2, 0) is 0 Å². The highest BCUT2D eigenvalue weighted by atomic mass is 15.1. The number of nitrogens with zero attached hydrogens (tertiary/aromatic N) is 1. The monoisotopic (exact) mass is 202 g/mol. The fourth-order valence-corrected chi connectivity index (χ4v) is 1.04. The van der Waals surface area contributed by atoms with Gasteiger partial charge in [0.15, 0.2) is 0 Å². The molecule has 0 saturated carbocycles. The molecule has 2 rings (SSSR count). The van der Waals surface area contributed by atoms with Gasteiger partial charge in [-0.3, -0.25) is 0 Å². The predicted octanol–water partition coefficient (Wildman–Crippen LogP) is 2.51. The molecule has 14 heavy (non-hydrogen) atoms. The molecule has 1 aromatic rings. The standard InChI is InChI=1S/C12H18N2/c1-10-6-8-14(9-7-10)12-4-2-11(13)3-5-12/h2-5,10H,6-9,13H2,1H3/i1D3,6D2,7D2,8D2,9D2,10D. The van der Waals surface area contributed by atoms with Crippen molar-refractivity contribution in [2.45, 2.75) is 19.6 Å². The zero-order valence-corrected chi connectivity index (χ0v) is 7.33. The second-order valence-corrected chi connectivity index (χ2v) is 2.78. The molecule has 2 nitrogen and oxygen atoms in total. The molecule has 1 fully saturated rings. The Balaban J connectivity index is 2.86. The first-order valence-corrected chi connectivity index (χ1v) is 4.03. The Morgan fingerprint density at radius 1 is 1.43 bits per heavy atom. The van der Waals surface area contributed by atoms with Gasteiger partial charge in [0.05, 0.1) is 0 Å². The van der Waals surface area contributed by atoms with E-state index in [9.17, 15) is 0 Å². The van der Waals surface area contributed by atoms with E-state index in [1.807, 2.05) is 0 Å². The lowest BCUT2D eigenvalue weighted by Gasteiger charge is -2.32. The maximum Gasteiger partial charge on any atom is 0.0493 e. The summed E-state index contributed by atoms with van der Waals surface area (Å²) in [6.07, 6.45) is -7.22. The van der Waals surface area contributed by atoms with Crippen LogP contribution in [0.15, 0.2) is 24.3 Å². The van der Waals surface area contributed by atoms with Crippen LogP contribution < -0.4 is 10.6 Å². The van der Waals surface area contributed by atoms with E-state index in [0.717, 1.165) is 0 Å². The molecule has 0 aliphatic carbocycles. The van der Waals surface area contributed by atoms with E-state index in [2.05, 4.69) is 0 Å². The highest BCUT2D eigenvalue weighted by molar-refractivity contribution is 5.53. The number of anilines is 2. The van der Waals surface area contributed by atoms with Crippen LogP contribution in [0.5, 0.6) is 0 Å². The van der Waals surface area contributed by atoms with Gasteiger partial charge in [0.1, 0.15) is 0 Å². The molecule has 0 aromatic heterocycles. The molecule has 1 heterocycles. The molecule has 0 atom stereocenters. The van der Waals surface area contributed by atoms with Crippen molar-refractivity contribution in [1.29, 1.82) is 0 Å². The van der Waals surface area contributed by atoms with Crippen LogP contribution in [0.1, 0.15) is 36.0 Å². The Kier molecular flexibility index (Phi) is 0.750. The zero-order valence-electron chi connectivity index (χ0n) is 19.3. The SMILES string of the molecule is [2H]C([2H])([2H])C1([2H])C([2H])([2H])C([2H])([2H])N(c2ccc(N)cc2)C([2H])([2H])C1([2H])[2H]. The first-order valence-electron chi connectivity index (χ1n) is 10.0. The highest BCUT2D eigenvalue weighted by Gasteiger charge is 2.15. The first-order chi connectivity index (χ1) is 11.4. The molecule has 1 aliphatic rings. The fourth-order valence-electron chi connectivity index (χ4n) is 1.04. The third kappa shape index (κ3) is 2.00. The Bertz CT molecular complexity index is 665. The summed E-state index contributed by atoms with van der Waals surface area (Å²) in [5.41, 5.74) is 5.56. The minimum absolute atomic E-state index is 0.206. The van der Waals surface area contributed by atoms with E-state index in [0.29, 0.717) is 0 Å². The van der Waals surface area contributed by atoms with Crippen LogP contribution in [0.3, 0.4) is 0 Å². The molecule has 0 unspecified atom stereocenters. The zero-order chi connectivity index (χ0) is 20.6. The summed E-state index contributed by atoms with van der Waals surface area (Å²) in [6, 6.07) is 4.92. The topological polar surface area (TPSA) is 29.3 Å². The summed E-state index contributed by atoms with van der Waals surface area (Å²) in [5.74, 6) is -3.72. The summed E-state index contributed by atoms with van der Waals surface area (Å²) < 4.78 is 95.5. The molecule has 1 aromatic carbocycles. The van der Waals surface area contributed by atoms with Crippen LogP contribution in [-0.4, -0.2) is 13.0 Å². The van der Waals surface area contributed by atoms with Crippen LogP contribution in [0.2, 0.25) is 0 Å². The van der Waals surface area contributed by atoms with Crippen molar-refractivity contribution in [2.75, 3.05) is 23.6 Å². The van der Waals surface area contributed by atoms with Gasteiger partial charge in [0.2, 0.25) is 0 Å². The first kappa shape index (κ1) is 2.69. The Labute approximate surface area is 103 Å². The van der Waals surface area contributed by atoms with E-state index < -0.39 is 38.5 Å². The molecular weight excluding hydrogens is 172 g/mol. The second-order valence-electron chi connectivity index (χ2n) is 2.78. The van der Waals surface area contributed by atoms with Crippen molar-refractivity contribution in [3.63, 3.8) is 0 Å². The van der Waals surface area contributed by atoms with Gasteiger partial charge in [-0.05, 0) is 42.9 Å². The Morgan fingerprint density at radius 3 is 2.64 bits per heavy atom. The van der Waals surface area contributed by atoms with Crippen LogP contribution in [0.25, 0.3) is 0 Å². The summed E-state index contributed by atoms with van der Waals surface area (Å²) in [4.78, 5) is 0.206. The average Bonchev–Trinajstić information content (AvgIpc) is 2.45. The molecule has 2 N–H and O–H groups in total. The quantitative estimate of drug-likeness (QED) is 0.709. The number of hydrogen-bond acceptors (Lipinski definition) is 2. The van der Waals surface area contributed by atoms with Gasteiger partial charge in [-0.1, -0.05) is 6.85 Å². The molecule has 0 spiro atoms. The van der Waals surface area contributed by atoms with E-state index in [1.54, 1.807) is 0 Å². The van der Waals surface area contributed by atoms with E-state index in [-0.39, 0.29) is 16.3 Å². The maximum atomic E-state index is 8.15. The minimum Gasteiger partial charge on any atom is -0.399 e. The molecule has 1 aliphatic heterocycles. The van der Waals surface area contributed by atoms with Gasteiger partial charge >= 0.3 is 0 Å². The number of hydrogen-bond donors (Lipinski definition) is 1. The number of nitrogens with two attached hydrogens (primary N) is 1. The lowest BCUT2D eigenvalue weighted by atomic mass is 9.99. The van der Waals surface area contributed by atoms with Gasteiger partial charge in [0.25, 0.3) is 0 Å². The smallest absolute Gasteiger partial charge is 0.0493 e. The van der Waals surface area contributed by atoms with Crippen molar-refractivity contribution < 1.29 is 16.4 Å². The Morgan fingerprint density at radius 2 is 2.07 bits per heavy atom. The van der Waals surface area contributed by atoms with Crippen molar-refractivity contribution >= 4 is 11.4 Å². The predicted molar refractivity (Wildman–Crippen MR) is 61.5 cm³/mol. The number of benzene rings is 1. The highest BCUT2D eigenvalue weighted by Crippen LogP contribution is 2.23. The van der Waals surface area contributed by atoms with Gasteiger partial charge in [-0.25, -0.2) is 0 Å². The van der Waals surface area contributed by atoms with Gasteiger partial charge < -0.3 is 10.6 Å². The molecule has 1 saturated heterocycles. The van der Waals surface area contributed by atoms with Crippen molar-refractivity contribution in [3.05, 3.63) is 24.3 Å². The van der Waals surface area contributed by atoms with Gasteiger partial charge in [-0.2, -0.15) is 0 Å². The van der Waals surface area contributed by atoms with E-state index in [1.165, 1.54) is 24.3 Å². The van der Waals surface area contributed by atoms with Gasteiger partial charge in [0, 0.05) is 40.8 Å². The molecule has 2 heteroatoms. The lowest BCUT2D eigenvalue weighted by molar-refractivity contribution is 0.438. The van der Waals surface area contributed by atoms with Gasteiger partial charge in [-0.15, -0.1) is 0 Å². The van der Waals surface area contributed by atoms with Crippen LogP contribution in [0, 0.1) is 5.89 Å². The second kappa shape index (κ2) is 3.91. The van der Waals surface area contributed by atoms with E-state index in [4.69, 9.17) is 22.2 Å². The molecule has 0 amide bonds. The third-order valence-electron chi connectivity index (χ3n) is 1.74. The van der Waals surface area contributed by atoms with Crippen molar-refractivity contribution in [1.82, 2.24) is 0 Å². The average molecular weight is 202 g/mol.